The molecule has 2 aliphatic rings. The molecule has 0 unspecified atom stereocenters. The summed E-state index contributed by atoms with van der Waals surface area (Å²) in [4.78, 5) is 28.5. The molecular formula is C18H24ClN3O4. The van der Waals surface area contributed by atoms with Crippen LogP contribution in [0.3, 0.4) is 0 Å². The molecule has 2 saturated heterocycles. The van der Waals surface area contributed by atoms with E-state index < -0.39 is 5.54 Å². The Labute approximate surface area is 158 Å². The molecule has 2 aliphatic heterocycles. The molecule has 1 aromatic rings. The number of ether oxygens (including phenoxy) is 2. The van der Waals surface area contributed by atoms with Crippen molar-refractivity contribution in [3.8, 4) is 5.75 Å². The van der Waals surface area contributed by atoms with Gasteiger partial charge in [0.15, 0.2) is 6.61 Å². The minimum absolute atomic E-state index is 0.0340. The average Bonchev–Trinajstić information content (AvgIpc) is 2.67. The molecule has 2 amide bonds. The maximum Gasteiger partial charge on any atom is 0.260 e. The van der Waals surface area contributed by atoms with Crippen LogP contribution >= 0.6 is 11.6 Å². The van der Waals surface area contributed by atoms with Crippen LogP contribution in [-0.4, -0.2) is 73.2 Å². The van der Waals surface area contributed by atoms with E-state index in [0.29, 0.717) is 63.0 Å². The topological polar surface area (TPSA) is 85.1 Å². The van der Waals surface area contributed by atoms with Crippen LogP contribution in [0.4, 0.5) is 0 Å². The van der Waals surface area contributed by atoms with Gasteiger partial charge in [-0.15, -0.1) is 0 Å². The quantitative estimate of drug-likeness (QED) is 0.837. The highest BCUT2D eigenvalue weighted by atomic mass is 35.5. The number of carbonyl (C=O) groups excluding carboxylic acids is 2. The fourth-order valence-electron chi connectivity index (χ4n) is 3.19. The summed E-state index contributed by atoms with van der Waals surface area (Å²) in [5.74, 6) is 0.465. The van der Waals surface area contributed by atoms with Gasteiger partial charge in [-0.3, -0.25) is 9.59 Å². The molecule has 0 aliphatic carbocycles. The number of amides is 2. The molecule has 26 heavy (non-hydrogen) atoms. The van der Waals surface area contributed by atoms with Crippen LogP contribution in [0, 0.1) is 0 Å². The van der Waals surface area contributed by atoms with Gasteiger partial charge in [0.1, 0.15) is 5.75 Å². The van der Waals surface area contributed by atoms with Gasteiger partial charge in [0.25, 0.3) is 5.91 Å². The Kier molecular flexibility index (Phi) is 6.01. The second kappa shape index (κ2) is 8.24. The first kappa shape index (κ1) is 18.9. The average molecular weight is 382 g/mol. The van der Waals surface area contributed by atoms with Gasteiger partial charge in [-0.1, -0.05) is 11.6 Å². The Morgan fingerprint density at radius 1 is 1.08 bits per heavy atom. The third-order valence-electron chi connectivity index (χ3n) is 4.91. The van der Waals surface area contributed by atoms with Crippen molar-refractivity contribution < 1.29 is 19.1 Å². The molecular weight excluding hydrogens is 358 g/mol. The predicted molar refractivity (Wildman–Crippen MR) is 97.1 cm³/mol. The number of hydrogen-bond acceptors (Lipinski definition) is 5. The Morgan fingerprint density at radius 2 is 1.65 bits per heavy atom. The summed E-state index contributed by atoms with van der Waals surface area (Å²) in [7, 11) is 0. The molecule has 0 aromatic heterocycles. The van der Waals surface area contributed by atoms with Crippen molar-refractivity contribution in [1.82, 2.24) is 9.80 Å². The molecule has 2 N–H and O–H groups in total. The molecule has 3 rings (SSSR count). The number of hydrogen-bond donors (Lipinski definition) is 1. The third-order valence-corrected chi connectivity index (χ3v) is 5.16. The number of nitrogens with two attached hydrogens (primary N) is 1. The molecule has 0 radical (unpaired) electrons. The second-order valence-corrected chi connectivity index (χ2v) is 7.12. The molecule has 0 atom stereocenters. The van der Waals surface area contributed by atoms with Gasteiger partial charge in [0.2, 0.25) is 5.91 Å². The molecule has 142 valence electrons. The Balaban J connectivity index is 1.46. The van der Waals surface area contributed by atoms with E-state index >= 15 is 0 Å². The first-order chi connectivity index (χ1) is 12.5. The molecule has 1 aromatic carbocycles. The minimum Gasteiger partial charge on any atom is -0.484 e. The molecule has 8 heteroatoms. The SMILES string of the molecule is NC1(C(=O)N2CCN(C(=O)COc3ccc(Cl)cc3)CC2)CCOCC1. The van der Waals surface area contributed by atoms with Crippen molar-refractivity contribution in [2.75, 3.05) is 46.0 Å². The van der Waals surface area contributed by atoms with Crippen LogP contribution in [0.25, 0.3) is 0 Å². The molecule has 2 heterocycles. The van der Waals surface area contributed by atoms with Gasteiger partial charge in [-0.2, -0.15) is 0 Å². The Bertz CT molecular complexity index is 638. The summed E-state index contributed by atoms with van der Waals surface area (Å²) in [6, 6.07) is 6.87. The summed E-state index contributed by atoms with van der Waals surface area (Å²) < 4.78 is 10.8. The summed E-state index contributed by atoms with van der Waals surface area (Å²) in [5, 5.41) is 0.617. The van der Waals surface area contributed by atoms with Crippen LogP contribution in [-0.2, 0) is 14.3 Å². The van der Waals surface area contributed by atoms with Gasteiger partial charge < -0.3 is 25.0 Å². The van der Waals surface area contributed by atoms with Crippen molar-refractivity contribution in [2.45, 2.75) is 18.4 Å². The maximum atomic E-state index is 12.7. The second-order valence-electron chi connectivity index (χ2n) is 6.68. The standard InChI is InChI=1S/C18H24ClN3O4/c19-14-1-3-15(4-2-14)26-13-16(23)21-7-9-22(10-8-21)17(24)18(20)5-11-25-12-6-18/h1-4H,5-13,20H2. The van der Waals surface area contributed by atoms with Crippen LogP contribution in [0.5, 0.6) is 5.75 Å². The van der Waals surface area contributed by atoms with Crippen molar-refractivity contribution >= 4 is 23.4 Å². The van der Waals surface area contributed by atoms with Crippen LogP contribution < -0.4 is 10.5 Å². The zero-order chi connectivity index (χ0) is 18.6. The summed E-state index contributed by atoms with van der Waals surface area (Å²) in [6.45, 7) is 2.96. The molecule has 0 bridgehead atoms. The lowest BCUT2D eigenvalue weighted by molar-refractivity contribution is -0.146. The lowest BCUT2D eigenvalue weighted by Crippen LogP contribution is -2.61. The lowest BCUT2D eigenvalue weighted by Gasteiger charge is -2.40. The number of nitrogens with zero attached hydrogens (tertiary/aromatic N) is 2. The fourth-order valence-corrected chi connectivity index (χ4v) is 3.32. The highest BCUT2D eigenvalue weighted by Crippen LogP contribution is 2.21. The lowest BCUT2D eigenvalue weighted by atomic mass is 9.89. The molecule has 2 fully saturated rings. The number of carbonyl (C=O) groups is 2. The van der Waals surface area contributed by atoms with Crippen molar-refractivity contribution in [2.24, 2.45) is 5.73 Å². The number of piperazine rings is 1. The normalized spacial score (nSPS) is 19.9. The highest BCUT2D eigenvalue weighted by molar-refractivity contribution is 6.30. The monoisotopic (exact) mass is 381 g/mol. The number of rotatable bonds is 4. The van der Waals surface area contributed by atoms with Gasteiger partial charge in [0, 0.05) is 44.4 Å². The van der Waals surface area contributed by atoms with E-state index in [4.69, 9.17) is 26.8 Å². The summed E-state index contributed by atoms with van der Waals surface area (Å²) in [5.41, 5.74) is 5.44. The molecule has 0 saturated carbocycles. The van der Waals surface area contributed by atoms with E-state index in [2.05, 4.69) is 0 Å². The summed E-state index contributed by atoms with van der Waals surface area (Å²) >= 11 is 5.82. The van der Waals surface area contributed by atoms with Crippen LogP contribution in [0.2, 0.25) is 5.02 Å². The highest BCUT2D eigenvalue weighted by Gasteiger charge is 2.40. The van der Waals surface area contributed by atoms with Crippen LogP contribution in [0.15, 0.2) is 24.3 Å². The van der Waals surface area contributed by atoms with Gasteiger partial charge in [0.05, 0.1) is 5.54 Å². The molecule has 0 spiro atoms. The number of benzene rings is 1. The van der Waals surface area contributed by atoms with E-state index in [1.165, 1.54) is 0 Å². The van der Waals surface area contributed by atoms with E-state index in [1.54, 1.807) is 34.1 Å². The van der Waals surface area contributed by atoms with Gasteiger partial charge in [-0.25, -0.2) is 0 Å². The predicted octanol–water partition coefficient (Wildman–Crippen LogP) is 0.898. The van der Waals surface area contributed by atoms with Gasteiger partial charge in [-0.05, 0) is 37.1 Å². The molecule has 7 nitrogen and oxygen atoms in total. The maximum absolute atomic E-state index is 12.7. The zero-order valence-corrected chi connectivity index (χ0v) is 15.4. The van der Waals surface area contributed by atoms with Crippen molar-refractivity contribution in [3.05, 3.63) is 29.3 Å². The third kappa shape index (κ3) is 4.47. The van der Waals surface area contributed by atoms with E-state index in [9.17, 15) is 9.59 Å². The first-order valence-electron chi connectivity index (χ1n) is 8.80. The van der Waals surface area contributed by atoms with E-state index in [1.807, 2.05) is 0 Å². The minimum atomic E-state index is -0.831. The Morgan fingerprint density at radius 3 is 2.27 bits per heavy atom. The smallest absolute Gasteiger partial charge is 0.260 e. The summed E-state index contributed by atoms with van der Waals surface area (Å²) in [6.07, 6.45) is 1.08. The first-order valence-corrected chi connectivity index (χ1v) is 9.18. The zero-order valence-electron chi connectivity index (χ0n) is 14.7. The number of halogens is 1. The van der Waals surface area contributed by atoms with Crippen molar-refractivity contribution in [1.29, 1.82) is 0 Å². The van der Waals surface area contributed by atoms with Crippen molar-refractivity contribution in [3.63, 3.8) is 0 Å². The Hall–Kier alpha value is -1.83. The van der Waals surface area contributed by atoms with Gasteiger partial charge >= 0.3 is 0 Å². The fraction of sp³-hybridized carbons (Fsp3) is 0.556. The largest absolute Gasteiger partial charge is 0.484 e. The van der Waals surface area contributed by atoms with Crippen LogP contribution in [0.1, 0.15) is 12.8 Å². The van der Waals surface area contributed by atoms with E-state index in [-0.39, 0.29) is 18.4 Å². The van der Waals surface area contributed by atoms with E-state index in [0.717, 1.165) is 0 Å².